The van der Waals surface area contributed by atoms with Crippen molar-refractivity contribution in [3.05, 3.63) is 71.6 Å². The molecule has 4 aromatic carbocycles. The Bertz CT molecular complexity index is 1270. The predicted molar refractivity (Wildman–Crippen MR) is 99.1 cm³/mol. The highest BCUT2D eigenvalue weighted by atomic mass is 32.1. The van der Waals surface area contributed by atoms with Gasteiger partial charge in [0.2, 0.25) is 0 Å². The molecule has 1 heterocycles. The minimum absolute atomic E-state index is 0.706. The zero-order valence-electron chi connectivity index (χ0n) is 12.2. The number of rotatable bonds is 0. The van der Waals surface area contributed by atoms with Gasteiger partial charge in [-0.15, -0.1) is 11.3 Å². The summed E-state index contributed by atoms with van der Waals surface area (Å²) < 4.78 is 1.33. The molecule has 0 spiro atoms. The fourth-order valence-electron chi connectivity index (χ4n) is 3.41. The highest BCUT2D eigenvalue weighted by molar-refractivity contribution is 7.17. The molecule has 0 unspecified atom stereocenters. The molecule has 0 bridgehead atoms. The topological polar surface area (TPSA) is 23.8 Å². The van der Waals surface area contributed by atoms with E-state index >= 15 is 0 Å². The Labute approximate surface area is 137 Å². The van der Waals surface area contributed by atoms with E-state index in [9.17, 15) is 0 Å². The second-order valence-electron chi connectivity index (χ2n) is 5.81. The summed E-state index contributed by atoms with van der Waals surface area (Å²) in [7, 11) is 0. The van der Waals surface area contributed by atoms with Crippen molar-refractivity contribution >= 4 is 53.7 Å². The summed E-state index contributed by atoms with van der Waals surface area (Å²) in [6.07, 6.45) is 0. The summed E-state index contributed by atoms with van der Waals surface area (Å²) in [5.74, 6) is 0. The first-order chi connectivity index (χ1) is 11.3. The summed E-state index contributed by atoms with van der Waals surface area (Å²) >= 11 is 1.78. The lowest BCUT2D eigenvalue weighted by Gasteiger charge is -2.08. The Morgan fingerprint density at radius 3 is 2.39 bits per heavy atom. The van der Waals surface area contributed by atoms with Crippen LogP contribution in [0.5, 0.6) is 0 Å². The highest BCUT2D eigenvalue weighted by Gasteiger charge is 2.07. The van der Waals surface area contributed by atoms with Crippen molar-refractivity contribution in [1.82, 2.24) is 0 Å². The summed E-state index contributed by atoms with van der Waals surface area (Å²) in [4.78, 5) is 0. The molecule has 0 fully saturated rings. The maximum absolute atomic E-state index is 9.08. The fraction of sp³-hybridized carbons (Fsp3) is 0. The van der Waals surface area contributed by atoms with Gasteiger partial charge < -0.3 is 0 Å². The third kappa shape index (κ3) is 1.78. The van der Waals surface area contributed by atoms with Crippen molar-refractivity contribution in [2.45, 2.75) is 0 Å². The molecular weight excluding hydrogens is 298 g/mol. The number of fused-ring (bicyclic) bond motifs is 6. The van der Waals surface area contributed by atoms with Gasteiger partial charge in [0.15, 0.2) is 0 Å². The van der Waals surface area contributed by atoms with E-state index in [1.807, 2.05) is 18.2 Å². The van der Waals surface area contributed by atoms with Crippen LogP contribution in [0.25, 0.3) is 42.4 Å². The Morgan fingerprint density at radius 1 is 0.652 bits per heavy atom. The highest BCUT2D eigenvalue weighted by Crippen LogP contribution is 2.35. The van der Waals surface area contributed by atoms with Crippen molar-refractivity contribution < 1.29 is 0 Å². The lowest BCUT2D eigenvalue weighted by atomic mass is 9.96. The molecule has 0 saturated heterocycles. The van der Waals surface area contributed by atoms with Crippen LogP contribution in [0.3, 0.4) is 0 Å². The molecule has 0 aliphatic carbocycles. The first kappa shape index (κ1) is 12.6. The van der Waals surface area contributed by atoms with E-state index in [0.29, 0.717) is 5.56 Å². The van der Waals surface area contributed by atoms with Crippen molar-refractivity contribution in [1.29, 1.82) is 5.26 Å². The molecule has 0 aliphatic rings. The average molecular weight is 309 g/mol. The van der Waals surface area contributed by atoms with E-state index in [0.717, 1.165) is 5.39 Å². The average Bonchev–Trinajstić information content (AvgIpc) is 3.08. The molecule has 0 amide bonds. The molecule has 0 atom stereocenters. The number of nitrogens with zero attached hydrogens (tertiary/aromatic N) is 1. The van der Waals surface area contributed by atoms with Crippen LogP contribution in [0.15, 0.2) is 66.0 Å². The van der Waals surface area contributed by atoms with Gasteiger partial charge in [0, 0.05) is 10.1 Å². The largest absolute Gasteiger partial charge is 0.192 e. The zero-order chi connectivity index (χ0) is 15.4. The van der Waals surface area contributed by atoms with Crippen LogP contribution in [0.4, 0.5) is 0 Å². The number of hydrogen-bond acceptors (Lipinski definition) is 2. The van der Waals surface area contributed by atoms with Crippen molar-refractivity contribution in [2.24, 2.45) is 0 Å². The third-order valence-corrected chi connectivity index (χ3v) is 5.42. The standard InChI is InChI=1S/C21H11NS/c22-12-13-1-2-14-11-20-15(10-16(14)9-13)3-4-17-18(20)5-6-21-19(17)7-8-23-21/h1-11H. The van der Waals surface area contributed by atoms with Crippen LogP contribution in [0, 0.1) is 11.3 Å². The molecule has 5 rings (SSSR count). The van der Waals surface area contributed by atoms with E-state index < -0.39 is 0 Å². The first-order valence-electron chi connectivity index (χ1n) is 7.50. The molecule has 2 heteroatoms. The summed E-state index contributed by atoms with van der Waals surface area (Å²) in [5, 5.41) is 19.9. The van der Waals surface area contributed by atoms with Crippen molar-refractivity contribution in [3.8, 4) is 6.07 Å². The van der Waals surface area contributed by atoms with Gasteiger partial charge in [0.1, 0.15) is 0 Å². The van der Waals surface area contributed by atoms with Gasteiger partial charge in [-0.25, -0.2) is 0 Å². The van der Waals surface area contributed by atoms with Gasteiger partial charge >= 0.3 is 0 Å². The fourth-order valence-corrected chi connectivity index (χ4v) is 4.21. The van der Waals surface area contributed by atoms with Crippen molar-refractivity contribution in [3.63, 3.8) is 0 Å². The van der Waals surface area contributed by atoms with Gasteiger partial charge in [0.05, 0.1) is 11.6 Å². The predicted octanol–water partition coefficient (Wildman–Crippen LogP) is 6.23. The molecule has 106 valence electrons. The molecule has 0 aliphatic heterocycles. The normalized spacial score (nSPS) is 11.4. The SMILES string of the molecule is N#Cc1ccc2cc3c(ccc4c5ccsc5ccc34)cc2c1. The number of thiophene rings is 1. The van der Waals surface area contributed by atoms with Gasteiger partial charge in [-0.3, -0.25) is 0 Å². The van der Waals surface area contributed by atoms with Crippen molar-refractivity contribution in [2.75, 3.05) is 0 Å². The quantitative estimate of drug-likeness (QED) is 0.245. The first-order valence-corrected chi connectivity index (χ1v) is 8.38. The van der Waals surface area contributed by atoms with Crippen LogP contribution >= 0.6 is 11.3 Å². The molecule has 23 heavy (non-hydrogen) atoms. The Hall–Kier alpha value is -2.89. The lowest BCUT2D eigenvalue weighted by molar-refractivity contribution is 1.50. The molecule has 0 saturated carbocycles. The number of nitriles is 1. The maximum atomic E-state index is 9.08. The second kappa shape index (κ2) is 4.55. The van der Waals surface area contributed by atoms with Gasteiger partial charge in [-0.05, 0) is 74.1 Å². The maximum Gasteiger partial charge on any atom is 0.0991 e. The molecule has 0 radical (unpaired) electrons. The van der Waals surface area contributed by atoms with E-state index in [-0.39, 0.29) is 0 Å². The monoisotopic (exact) mass is 309 g/mol. The van der Waals surface area contributed by atoms with Crippen LogP contribution in [-0.2, 0) is 0 Å². The summed E-state index contributed by atoms with van der Waals surface area (Å²) in [6, 6.07) is 23.6. The minimum Gasteiger partial charge on any atom is -0.192 e. The molecular formula is C21H11NS. The molecule has 1 aromatic heterocycles. The summed E-state index contributed by atoms with van der Waals surface area (Å²) in [5.41, 5.74) is 0.706. The number of hydrogen-bond donors (Lipinski definition) is 0. The van der Waals surface area contributed by atoms with E-state index in [1.165, 1.54) is 37.0 Å². The zero-order valence-corrected chi connectivity index (χ0v) is 13.0. The van der Waals surface area contributed by atoms with E-state index in [4.69, 9.17) is 5.26 Å². The van der Waals surface area contributed by atoms with E-state index in [1.54, 1.807) is 11.3 Å². The minimum atomic E-state index is 0.706. The molecule has 0 N–H and O–H groups in total. The van der Waals surface area contributed by atoms with Crippen LogP contribution in [0.1, 0.15) is 5.56 Å². The van der Waals surface area contributed by atoms with Gasteiger partial charge in [-0.2, -0.15) is 5.26 Å². The van der Waals surface area contributed by atoms with Crippen LogP contribution in [0.2, 0.25) is 0 Å². The Balaban J connectivity index is 1.96. The third-order valence-electron chi connectivity index (χ3n) is 4.53. The Kier molecular flexibility index (Phi) is 2.50. The lowest BCUT2D eigenvalue weighted by Crippen LogP contribution is -1.81. The van der Waals surface area contributed by atoms with Crippen LogP contribution < -0.4 is 0 Å². The van der Waals surface area contributed by atoms with E-state index in [2.05, 4.69) is 53.9 Å². The Morgan fingerprint density at radius 2 is 1.48 bits per heavy atom. The van der Waals surface area contributed by atoms with Gasteiger partial charge in [0.25, 0.3) is 0 Å². The molecule has 1 nitrogen and oxygen atoms in total. The molecule has 5 aromatic rings. The van der Waals surface area contributed by atoms with Crippen LogP contribution in [-0.4, -0.2) is 0 Å². The second-order valence-corrected chi connectivity index (χ2v) is 6.75. The van der Waals surface area contributed by atoms with Gasteiger partial charge in [-0.1, -0.05) is 24.3 Å². The summed E-state index contributed by atoms with van der Waals surface area (Å²) in [6.45, 7) is 0. The smallest absolute Gasteiger partial charge is 0.0991 e. The number of benzene rings is 4.